The molecule has 1 fully saturated rings. The lowest BCUT2D eigenvalue weighted by molar-refractivity contribution is -0.0110. The van der Waals surface area contributed by atoms with E-state index in [2.05, 4.69) is 32.0 Å². The van der Waals surface area contributed by atoms with E-state index in [1.165, 1.54) is 18.4 Å². The van der Waals surface area contributed by atoms with Crippen LogP contribution < -0.4 is 4.74 Å². The SMILES string of the molecule is CC(C)c1cccc(OC[C@H]2CCCCO2)c1. The van der Waals surface area contributed by atoms with Crippen LogP contribution in [0, 0.1) is 0 Å². The van der Waals surface area contributed by atoms with Crippen LogP contribution in [0.3, 0.4) is 0 Å². The lowest BCUT2D eigenvalue weighted by atomic mass is 10.0. The monoisotopic (exact) mass is 234 g/mol. The van der Waals surface area contributed by atoms with Gasteiger partial charge in [-0.3, -0.25) is 0 Å². The van der Waals surface area contributed by atoms with E-state index in [4.69, 9.17) is 9.47 Å². The molecule has 0 bridgehead atoms. The highest BCUT2D eigenvalue weighted by molar-refractivity contribution is 5.30. The fourth-order valence-corrected chi connectivity index (χ4v) is 2.09. The minimum Gasteiger partial charge on any atom is -0.491 e. The maximum Gasteiger partial charge on any atom is 0.119 e. The highest BCUT2D eigenvalue weighted by atomic mass is 16.5. The molecular formula is C15H22O2. The molecule has 1 atom stereocenters. The Bertz CT molecular complexity index is 341. The topological polar surface area (TPSA) is 18.5 Å². The van der Waals surface area contributed by atoms with Crippen LogP contribution in [-0.2, 0) is 4.74 Å². The molecular weight excluding hydrogens is 212 g/mol. The predicted molar refractivity (Wildman–Crippen MR) is 69.6 cm³/mol. The zero-order valence-electron chi connectivity index (χ0n) is 10.8. The van der Waals surface area contributed by atoms with Crippen molar-refractivity contribution in [2.45, 2.75) is 45.1 Å². The highest BCUT2D eigenvalue weighted by Gasteiger charge is 2.14. The maximum atomic E-state index is 5.81. The first-order valence-corrected chi connectivity index (χ1v) is 6.60. The molecule has 0 amide bonds. The van der Waals surface area contributed by atoms with Gasteiger partial charge in [-0.05, 0) is 42.9 Å². The first-order valence-electron chi connectivity index (χ1n) is 6.60. The zero-order chi connectivity index (χ0) is 12.1. The van der Waals surface area contributed by atoms with Crippen molar-refractivity contribution in [3.8, 4) is 5.75 Å². The number of benzene rings is 1. The van der Waals surface area contributed by atoms with E-state index < -0.39 is 0 Å². The van der Waals surface area contributed by atoms with Crippen molar-refractivity contribution in [1.29, 1.82) is 0 Å². The fourth-order valence-electron chi connectivity index (χ4n) is 2.09. The van der Waals surface area contributed by atoms with Crippen LogP contribution in [-0.4, -0.2) is 19.3 Å². The van der Waals surface area contributed by atoms with Crippen molar-refractivity contribution in [2.24, 2.45) is 0 Å². The molecule has 2 rings (SSSR count). The molecule has 0 radical (unpaired) electrons. The zero-order valence-corrected chi connectivity index (χ0v) is 10.8. The third-order valence-corrected chi connectivity index (χ3v) is 3.23. The summed E-state index contributed by atoms with van der Waals surface area (Å²) >= 11 is 0. The molecule has 0 unspecified atom stereocenters. The highest BCUT2D eigenvalue weighted by Crippen LogP contribution is 2.21. The molecule has 1 saturated heterocycles. The second kappa shape index (κ2) is 6.06. The Kier molecular flexibility index (Phi) is 4.43. The summed E-state index contributed by atoms with van der Waals surface area (Å²) in [6.07, 6.45) is 3.87. The van der Waals surface area contributed by atoms with Gasteiger partial charge >= 0.3 is 0 Å². The molecule has 0 aliphatic carbocycles. The van der Waals surface area contributed by atoms with E-state index in [-0.39, 0.29) is 6.10 Å². The van der Waals surface area contributed by atoms with Crippen molar-refractivity contribution in [3.63, 3.8) is 0 Å². The number of hydrogen-bond donors (Lipinski definition) is 0. The maximum absolute atomic E-state index is 5.81. The molecule has 1 aliphatic rings. The van der Waals surface area contributed by atoms with Crippen molar-refractivity contribution >= 4 is 0 Å². The van der Waals surface area contributed by atoms with Crippen LogP contribution in [0.15, 0.2) is 24.3 Å². The van der Waals surface area contributed by atoms with E-state index in [1.54, 1.807) is 0 Å². The lowest BCUT2D eigenvalue weighted by Gasteiger charge is -2.22. The standard InChI is InChI=1S/C15H22O2/c1-12(2)13-6-5-8-14(10-13)17-11-15-7-3-4-9-16-15/h5-6,8,10,12,15H,3-4,7,9,11H2,1-2H3/t15-/m1/s1. The van der Waals surface area contributed by atoms with Gasteiger partial charge in [0.1, 0.15) is 12.4 Å². The fraction of sp³-hybridized carbons (Fsp3) is 0.600. The third kappa shape index (κ3) is 3.74. The predicted octanol–water partition coefficient (Wildman–Crippen LogP) is 3.76. The molecule has 1 aliphatic heterocycles. The molecule has 0 aromatic heterocycles. The molecule has 0 spiro atoms. The summed E-state index contributed by atoms with van der Waals surface area (Å²) in [5.74, 6) is 1.51. The number of ether oxygens (including phenoxy) is 2. The van der Waals surface area contributed by atoms with Gasteiger partial charge in [0.05, 0.1) is 6.10 Å². The van der Waals surface area contributed by atoms with Crippen molar-refractivity contribution < 1.29 is 9.47 Å². The second-order valence-electron chi connectivity index (χ2n) is 5.03. The Morgan fingerprint density at radius 3 is 2.94 bits per heavy atom. The minimum absolute atomic E-state index is 0.284. The first-order chi connectivity index (χ1) is 8.25. The van der Waals surface area contributed by atoms with E-state index in [9.17, 15) is 0 Å². The van der Waals surface area contributed by atoms with E-state index in [1.807, 2.05) is 6.07 Å². The Hall–Kier alpha value is -1.02. The largest absolute Gasteiger partial charge is 0.491 e. The summed E-state index contributed by atoms with van der Waals surface area (Å²) in [6, 6.07) is 8.36. The van der Waals surface area contributed by atoms with Crippen molar-refractivity contribution in [2.75, 3.05) is 13.2 Å². The molecule has 1 heterocycles. The van der Waals surface area contributed by atoms with Gasteiger partial charge in [0.15, 0.2) is 0 Å². The average Bonchev–Trinajstić information content (AvgIpc) is 2.38. The van der Waals surface area contributed by atoms with Gasteiger partial charge in [-0.15, -0.1) is 0 Å². The smallest absolute Gasteiger partial charge is 0.119 e. The molecule has 0 N–H and O–H groups in total. The van der Waals surface area contributed by atoms with Crippen molar-refractivity contribution in [1.82, 2.24) is 0 Å². The average molecular weight is 234 g/mol. The van der Waals surface area contributed by atoms with E-state index in [0.29, 0.717) is 12.5 Å². The molecule has 94 valence electrons. The van der Waals surface area contributed by atoms with Gasteiger partial charge in [0, 0.05) is 6.61 Å². The van der Waals surface area contributed by atoms with Gasteiger partial charge < -0.3 is 9.47 Å². The van der Waals surface area contributed by atoms with Crippen molar-refractivity contribution in [3.05, 3.63) is 29.8 Å². The van der Waals surface area contributed by atoms with E-state index in [0.717, 1.165) is 18.8 Å². The summed E-state index contributed by atoms with van der Waals surface area (Å²) in [4.78, 5) is 0. The lowest BCUT2D eigenvalue weighted by Crippen LogP contribution is -2.25. The summed E-state index contributed by atoms with van der Waals surface area (Å²) in [6.45, 7) is 5.97. The van der Waals surface area contributed by atoms with Crippen LogP contribution >= 0.6 is 0 Å². The molecule has 2 nitrogen and oxygen atoms in total. The van der Waals surface area contributed by atoms with Crippen LogP contribution in [0.1, 0.15) is 44.6 Å². The third-order valence-electron chi connectivity index (χ3n) is 3.23. The van der Waals surface area contributed by atoms with Gasteiger partial charge in [-0.25, -0.2) is 0 Å². The summed E-state index contributed by atoms with van der Waals surface area (Å²) in [5.41, 5.74) is 1.33. The Labute approximate surface area is 104 Å². The Morgan fingerprint density at radius 2 is 2.24 bits per heavy atom. The van der Waals surface area contributed by atoms with Crippen LogP contribution in [0.5, 0.6) is 5.75 Å². The van der Waals surface area contributed by atoms with Gasteiger partial charge in [-0.2, -0.15) is 0 Å². The minimum atomic E-state index is 0.284. The summed E-state index contributed by atoms with van der Waals surface area (Å²) in [5, 5.41) is 0. The summed E-state index contributed by atoms with van der Waals surface area (Å²) in [7, 11) is 0. The van der Waals surface area contributed by atoms with Crippen LogP contribution in [0.4, 0.5) is 0 Å². The molecule has 17 heavy (non-hydrogen) atoms. The second-order valence-corrected chi connectivity index (χ2v) is 5.03. The van der Waals surface area contributed by atoms with Gasteiger partial charge in [0.25, 0.3) is 0 Å². The quantitative estimate of drug-likeness (QED) is 0.789. The molecule has 1 aromatic carbocycles. The normalized spacial score (nSPS) is 20.5. The molecule has 1 aromatic rings. The summed E-state index contributed by atoms with van der Waals surface area (Å²) < 4.78 is 11.5. The molecule has 2 heteroatoms. The Morgan fingerprint density at radius 1 is 1.35 bits per heavy atom. The van der Waals surface area contributed by atoms with Crippen LogP contribution in [0.25, 0.3) is 0 Å². The molecule has 0 saturated carbocycles. The van der Waals surface area contributed by atoms with Crippen LogP contribution in [0.2, 0.25) is 0 Å². The van der Waals surface area contributed by atoms with E-state index >= 15 is 0 Å². The first kappa shape index (κ1) is 12.4. The number of hydrogen-bond acceptors (Lipinski definition) is 2. The Balaban J connectivity index is 1.87. The number of rotatable bonds is 4. The van der Waals surface area contributed by atoms with Gasteiger partial charge in [-0.1, -0.05) is 26.0 Å². The van der Waals surface area contributed by atoms with Gasteiger partial charge in [0.2, 0.25) is 0 Å².